The quantitative estimate of drug-likeness (QED) is 0.852. The number of carboxylic acid groups (broad SMARTS) is 1. The second-order valence-corrected chi connectivity index (χ2v) is 6.05. The highest BCUT2D eigenvalue weighted by atomic mass is 16.4. The lowest BCUT2D eigenvalue weighted by Crippen LogP contribution is -2.51. The van der Waals surface area contributed by atoms with Gasteiger partial charge in [0.15, 0.2) is 0 Å². The maximum atomic E-state index is 12.5. The van der Waals surface area contributed by atoms with Crippen LogP contribution in [0.15, 0.2) is 0 Å². The van der Waals surface area contributed by atoms with Gasteiger partial charge >= 0.3 is 12.0 Å². The van der Waals surface area contributed by atoms with E-state index in [2.05, 4.69) is 13.8 Å². The molecule has 0 unspecified atom stereocenters. The third-order valence-electron chi connectivity index (χ3n) is 3.47. The number of carbonyl (C=O) groups excluding carboxylic acids is 1. The van der Waals surface area contributed by atoms with Crippen LogP contribution in [-0.4, -0.2) is 52.6 Å². The van der Waals surface area contributed by atoms with Crippen LogP contribution in [0.4, 0.5) is 4.79 Å². The summed E-state index contributed by atoms with van der Waals surface area (Å²) in [6, 6.07) is 0.120. The summed E-state index contributed by atoms with van der Waals surface area (Å²) in [5, 5.41) is 9.08. The maximum Gasteiger partial charge on any atom is 0.320 e. The molecule has 1 rings (SSSR count). The number of carbonyl (C=O) groups is 2. The monoisotopic (exact) mass is 270 g/mol. The summed E-state index contributed by atoms with van der Waals surface area (Å²) < 4.78 is 0. The van der Waals surface area contributed by atoms with Crippen molar-refractivity contribution in [2.75, 3.05) is 19.6 Å². The van der Waals surface area contributed by atoms with E-state index in [1.54, 1.807) is 4.90 Å². The number of hydrogen-bond acceptors (Lipinski definition) is 2. The first-order valence-electron chi connectivity index (χ1n) is 7.11. The molecule has 1 N–H and O–H groups in total. The second-order valence-electron chi connectivity index (χ2n) is 6.05. The number of nitrogens with zero attached hydrogens (tertiary/aromatic N) is 2. The number of carboxylic acids is 1. The molecule has 110 valence electrons. The minimum absolute atomic E-state index is 0.0188. The van der Waals surface area contributed by atoms with E-state index < -0.39 is 11.9 Å². The van der Waals surface area contributed by atoms with Gasteiger partial charge in [-0.3, -0.25) is 4.79 Å². The van der Waals surface area contributed by atoms with E-state index in [0.717, 1.165) is 6.42 Å². The molecule has 2 amide bonds. The predicted octanol–water partition coefficient (Wildman–Crippen LogP) is 2.27. The van der Waals surface area contributed by atoms with Crippen LogP contribution >= 0.6 is 0 Å². The highest BCUT2D eigenvalue weighted by Gasteiger charge is 2.31. The molecule has 0 saturated carbocycles. The Bertz CT molecular complexity index is 329. The van der Waals surface area contributed by atoms with Gasteiger partial charge in [-0.15, -0.1) is 0 Å². The van der Waals surface area contributed by atoms with E-state index in [4.69, 9.17) is 5.11 Å². The molecule has 1 aliphatic rings. The number of rotatable bonds is 4. The Labute approximate surface area is 115 Å². The van der Waals surface area contributed by atoms with Crippen molar-refractivity contribution in [3.63, 3.8) is 0 Å². The van der Waals surface area contributed by atoms with Crippen molar-refractivity contribution in [3.05, 3.63) is 0 Å². The molecule has 0 aromatic heterocycles. The first kappa shape index (κ1) is 15.8. The fraction of sp³-hybridized carbons (Fsp3) is 0.857. The minimum Gasteiger partial charge on any atom is -0.481 e. The zero-order valence-electron chi connectivity index (χ0n) is 12.4. The Balaban J connectivity index is 2.70. The highest BCUT2D eigenvalue weighted by Crippen LogP contribution is 2.19. The lowest BCUT2D eigenvalue weighted by molar-refractivity contribution is -0.143. The Morgan fingerprint density at radius 2 is 1.95 bits per heavy atom. The predicted molar refractivity (Wildman–Crippen MR) is 74.0 cm³/mol. The Morgan fingerprint density at radius 1 is 1.32 bits per heavy atom. The first-order valence-corrected chi connectivity index (χ1v) is 7.11. The molecule has 0 aliphatic carbocycles. The van der Waals surface area contributed by atoms with Gasteiger partial charge in [0.25, 0.3) is 0 Å². The van der Waals surface area contributed by atoms with E-state index in [-0.39, 0.29) is 12.1 Å². The third-order valence-corrected chi connectivity index (χ3v) is 3.47. The summed E-state index contributed by atoms with van der Waals surface area (Å²) in [7, 11) is 0. The molecule has 5 heteroatoms. The van der Waals surface area contributed by atoms with Crippen LogP contribution in [0.3, 0.4) is 0 Å². The molecular formula is C14H26N2O3. The van der Waals surface area contributed by atoms with Gasteiger partial charge in [-0.1, -0.05) is 13.8 Å². The second kappa shape index (κ2) is 6.78. The summed E-state index contributed by atoms with van der Waals surface area (Å²) in [5.74, 6) is -0.797. The first-order chi connectivity index (χ1) is 8.82. The minimum atomic E-state index is -0.794. The standard InChI is InChI=1S/C14H26N2O3/c1-10(2)8-16(11(3)4)14(19)15-7-5-6-12(9-15)13(17)18/h10-12H,5-9H2,1-4H3,(H,17,18)/t12-/m0/s1. The van der Waals surface area contributed by atoms with Gasteiger partial charge in [-0.25, -0.2) is 4.79 Å². The average molecular weight is 270 g/mol. The van der Waals surface area contributed by atoms with Gasteiger partial charge in [0.1, 0.15) is 0 Å². The molecule has 0 spiro atoms. The molecule has 1 heterocycles. The molecule has 19 heavy (non-hydrogen) atoms. The summed E-state index contributed by atoms with van der Waals surface area (Å²) in [6.45, 7) is 9.89. The Hall–Kier alpha value is -1.26. The number of aliphatic carboxylic acids is 1. The zero-order valence-corrected chi connectivity index (χ0v) is 12.4. The van der Waals surface area contributed by atoms with Crippen LogP contribution in [0, 0.1) is 11.8 Å². The van der Waals surface area contributed by atoms with E-state index in [9.17, 15) is 9.59 Å². The zero-order chi connectivity index (χ0) is 14.6. The summed E-state index contributed by atoms with van der Waals surface area (Å²) in [4.78, 5) is 27.1. The van der Waals surface area contributed by atoms with Crippen LogP contribution in [0.25, 0.3) is 0 Å². The van der Waals surface area contributed by atoms with Gasteiger partial charge in [0.05, 0.1) is 5.92 Å². The van der Waals surface area contributed by atoms with Crippen molar-refractivity contribution in [3.8, 4) is 0 Å². The van der Waals surface area contributed by atoms with Gasteiger partial charge < -0.3 is 14.9 Å². The summed E-state index contributed by atoms with van der Waals surface area (Å²) in [5.41, 5.74) is 0. The van der Waals surface area contributed by atoms with Crippen molar-refractivity contribution in [1.82, 2.24) is 9.80 Å². The molecule has 1 saturated heterocycles. The van der Waals surface area contributed by atoms with Crippen LogP contribution in [0.5, 0.6) is 0 Å². The summed E-state index contributed by atoms with van der Waals surface area (Å²) in [6.07, 6.45) is 1.45. The van der Waals surface area contributed by atoms with E-state index >= 15 is 0 Å². The van der Waals surface area contributed by atoms with Crippen molar-refractivity contribution < 1.29 is 14.7 Å². The van der Waals surface area contributed by atoms with Crippen LogP contribution in [-0.2, 0) is 4.79 Å². The van der Waals surface area contributed by atoms with Crippen LogP contribution in [0.2, 0.25) is 0 Å². The van der Waals surface area contributed by atoms with Crippen molar-refractivity contribution in [2.45, 2.75) is 46.6 Å². The largest absolute Gasteiger partial charge is 0.481 e. The lowest BCUT2D eigenvalue weighted by Gasteiger charge is -2.37. The number of piperidine rings is 1. The number of urea groups is 1. The topological polar surface area (TPSA) is 60.9 Å². The summed E-state index contributed by atoms with van der Waals surface area (Å²) >= 11 is 0. The number of hydrogen-bond donors (Lipinski definition) is 1. The Kier molecular flexibility index (Phi) is 5.63. The number of amides is 2. The van der Waals surface area contributed by atoms with E-state index in [1.807, 2.05) is 18.7 Å². The van der Waals surface area contributed by atoms with Gasteiger partial charge in [0, 0.05) is 25.7 Å². The van der Waals surface area contributed by atoms with Crippen LogP contribution in [0.1, 0.15) is 40.5 Å². The normalized spacial score (nSPS) is 19.9. The van der Waals surface area contributed by atoms with Crippen LogP contribution < -0.4 is 0 Å². The molecule has 0 radical (unpaired) electrons. The SMILES string of the molecule is CC(C)CN(C(=O)N1CCC[C@H](C(=O)O)C1)C(C)C. The lowest BCUT2D eigenvalue weighted by atomic mass is 9.98. The fourth-order valence-corrected chi connectivity index (χ4v) is 2.44. The van der Waals surface area contributed by atoms with Gasteiger partial charge in [-0.2, -0.15) is 0 Å². The van der Waals surface area contributed by atoms with Gasteiger partial charge in [0.2, 0.25) is 0 Å². The highest BCUT2D eigenvalue weighted by molar-refractivity contribution is 5.77. The van der Waals surface area contributed by atoms with Crippen molar-refractivity contribution >= 4 is 12.0 Å². The molecule has 0 bridgehead atoms. The van der Waals surface area contributed by atoms with Crippen molar-refractivity contribution in [2.24, 2.45) is 11.8 Å². The third kappa shape index (κ3) is 4.40. The molecule has 5 nitrogen and oxygen atoms in total. The maximum absolute atomic E-state index is 12.5. The molecule has 1 fully saturated rings. The van der Waals surface area contributed by atoms with E-state index in [0.29, 0.717) is 32.0 Å². The molecule has 0 aromatic rings. The fourth-order valence-electron chi connectivity index (χ4n) is 2.44. The molecule has 1 aliphatic heterocycles. The average Bonchev–Trinajstić information content (AvgIpc) is 2.34. The smallest absolute Gasteiger partial charge is 0.320 e. The van der Waals surface area contributed by atoms with Gasteiger partial charge in [-0.05, 0) is 32.6 Å². The molecular weight excluding hydrogens is 244 g/mol. The molecule has 0 aromatic carbocycles. The van der Waals surface area contributed by atoms with Crippen molar-refractivity contribution in [1.29, 1.82) is 0 Å². The molecule has 1 atom stereocenters. The number of likely N-dealkylation sites (tertiary alicyclic amines) is 1. The Morgan fingerprint density at radius 3 is 2.42 bits per heavy atom. The van der Waals surface area contributed by atoms with E-state index in [1.165, 1.54) is 0 Å².